The van der Waals surface area contributed by atoms with Crippen LogP contribution in [0, 0.1) is 6.92 Å². The molecular weight excluding hydrogens is 545 g/mol. The molecule has 1 fully saturated rings. The Labute approximate surface area is 214 Å². The Kier molecular flexibility index (Phi) is 7.49. The third-order valence-corrected chi connectivity index (χ3v) is 8.48. The highest BCUT2D eigenvalue weighted by Crippen LogP contribution is 2.48. The van der Waals surface area contributed by atoms with E-state index in [4.69, 9.17) is 9.47 Å². The van der Waals surface area contributed by atoms with E-state index in [0.29, 0.717) is 13.2 Å². The zero-order valence-corrected chi connectivity index (χ0v) is 22.3. The van der Waals surface area contributed by atoms with Gasteiger partial charge < -0.3 is 19.6 Å². The van der Waals surface area contributed by atoms with E-state index in [1.807, 2.05) is 19.2 Å². The second-order valence-electron chi connectivity index (χ2n) is 8.84. The van der Waals surface area contributed by atoms with Crippen LogP contribution in [0.25, 0.3) is 10.9 Å². The lowest BCUT2D eigenvalue weighted by Gasteiger charge is -2.50. The van der Waals surface area contributed by atoms with Crippen molar-refractivity contribution in [3.63, 3.8) is 0 Å². The summed E-state index contributed by atoms with van der Waals surface area (Å²) in [5, 5.41) is 10.5. The molecule has 2 N–H and O–H groups in total. The summed E-state index contributed by atoms with van der Waals surface area (Å²) in [6.45, 7) is 7.67. The van der Waals surface area contributed by atoms with E-state index in [1.54, 1.807) is 13.2 Å². The van der Waals surface area contributed by atoms with Gasteiger partial charge in [0.05, 0.1) is 24.5 Å². The van der Waals surface area contributed by atoms with Crippen molar-refractivity contribution in [3.8, 4) is 5.75 Å². The molecular formula is C26H32IN3O4. The van der Waals surface area contributed by atoms with Gasteiger partial charge in [-0.1, -0.05) is 29.5 Å². The molecule has 3 heterocycles. The van der Waals surface area contributed by atoms with Crippen LogP contribution in [0.1, 0.15) is 60.3 Å². The zero-order chi connectivity index (χ0) is 24.5. The number of ether oxygens (including phenoxy) is 2. The lowest BCUT2D eigenvalue weighted by Crippen LogP contribution is -2.54. The lowest BCUT2D eigenvalue weighted by molar-refractivity contribution is -0.0514. The van der Waals surface area contributed by atoms with Crippen molar-refractivity contribution >= 4 is 39.5 Å². The van der Waals surface area contributed by atoms with Crippen LogP contribution in [0.2, 0.25) is 0 Å². The van der Waals surface area contributed by atoms with Crippen LogP contribution < -0.4 is 4.74 Å². The summed E-state index contributed by atoms with van der Waals surface area (Å²) in [6, 6.07) is 7.97. The van der Waals surface area contributed by atoms with Crippen molar-refractivity contribution in [3.05, 3.63) is 59.0 Å². The minimum absolute atomic E-state index is 0.108. The summed E-state index contributed by atoms with van der Waals surface area (Å²) >= 11 is 2.51. The Morgan fingerprint density at radius 2 is 2.15 bits per heavy atom. The molecule has 0 radical (unpaired) electrons. The zero-order valence-electron chi connectivity index (χ0n) is 20.1. The number of fused-ring (bicyclic) bond motifs is 1. The van der Waals surface area contributed by atoms with Gasteiger partial charge in [0, 0.05) is 54.5 Å². The number of methoxy groups -OCH3 is 1. The van der Waals surface area contributed by atoms with Crippen LogP contribution in [0.15, 0.2) is 36.7 Å². The molecule has 1 saturated heterocycles. The number of pyridine rings is 1. The van der Waals surface area contributed by atoms with Gasteiger partial charge in [-0.15, -0.1) is 0 Å². The number of piperidine rings is 1. The number of carbonyl (C=O) groups is 1. The number of halogens is 1. The number of likely N-dealkylation sites (tertiary alicyclic amines) is 1. The average Bonchev–Trinajstić information content (AvgIpc) is 3.32. The molecule has 3 atom stereocenters. The first-order valence-electron chi connectivity index (χ1n) is 11.7. The first-order chi connectivity index (χ1) is 16.3. The van der Waals surface area contributed by atoms with Gasteiger partial charge in [0.25, 0.3) is 0 Å². The number of aromatic carboxylic acids is 1. The number of carboxylic acids is 1. The largest absolute Gasteiger partial charge is 0.496 e. The number of H-pyrrole nitrogens is 1. The molecule has 0 aliphatic carbocycles. The number of hydrogen-bond acceptors (Lipinski definition) is 5. The fourth-order valence-corrected chi connectivity index (χ4v) is 6.55. The molecule has 0 amide bonds. The molecule has 4 rings (SSSR count). The number of aryl methyl sites for hydroxylation is 1. The SMILES string of the molecule is CCO[C@@H]1C[C@H](CC)N(Cc2c(OC)cc(C)c3[nH]ccc23)C(I)(c2ccc(C(=O)O)cn2)C1. The fraction of sp³-hybridized carbons (Fsp3) is 0.462. The number of carboxylic acid groups (broad SMARTS) is 1. The molecule has 182 valence electrons. The van der Waals surface area contributed by atoms with E-state index in [2.05, 4.69) is 63.4 Å². The number of rotatable bonds is 8. The summed E-state index contributed by atoms with van der Waals surface area (Å²) in [5.74, 6) is -0.0979. The second kappa shape index (κ2) is 10.2. The van der Waals surface area contributed by atoms with Crippen molar-refractivity contribution in [2.24, 2.45) is 0 Å². The van der Waals surface area contributed by atoms with Gasteiger partial charge in [0.1, 0.15) is 9.30 Å². The molecule has 34 heavy (non-hydrogen) atoms. The monoisotopic (exact) mass is 577 g/mol. The minimum atomic E-state index is -0.972. The Hall–Kier alpha value is -2.17. The highest BCUT2D eigenvalue weighted by Gasteiger charge is 2.47. The molecule has 3 aromatic rings. The Morgan fingerprint density at radius 3 is 2.76 bits per heavy atom. The van der Waals surface area contributed by atoms with E-state index in [-0.39, 0.29) is 17.7 Å². The molecule has 7 nitrogen and oxygen atoms in total. The number of alkyl halides is 1. The average molecular weight is 577 g/mol. The van der Waals surface area contributed by atoms with Crippen molar-refractivity contribution < 1.29 is 19.4 Å². The number of aromatic nitrogens is 2. The Morgan fingerprint density at radius 1 is 1.35 bits per heavy atom. The van der Waals surface area contributed by atoms with Crippen LogP contribution >= 0.6 is 22.6 Å². The molecule has 0 bridgehead atoms. The molecule has 1 aliphatic rings. The fourth-order valence-electron chi connectivity index (χ4n) is 5.18. The van der Waals surface area contributed by atoms with E-state index < -0.39 is 9.51 Å². The van der Waals surface area contributed by atoms with Gasteiger partial charge in [0.2, 0.25) is 0 Å². The lowest BCUT2D eigenvalue weighted by atomic mass is 9.88. The standard InChI is InChI=1S/C26H32IN3O4/c1-5-18-12-19(34-6-2)13-26(27,23-8-7-17(14-29-23)25(31)32)30(18)15-21-20-9-10-28-24(20)16(3)11-22(21)33-4/h7-11,14,18-19,28H,5-6,12-13,15H2,1-4H3,(H,31,32)/t18-,19+,26?/m0/s1. The third kappa shape index (κ3) is 4.55. The molecule has 0 spiro atoms. The van der Waals surface area contributed by atoms with Gasteiger partial charge in [-0.3, -0.25) is 9.88 Å². The summed E-state index contributed by atoms with van der Waals surface area (Å²) in [5.41, 5.74) is 4.44. The Bertz CT molecular complexity index is 1160. The highest BCUT2D eigenvalue weighted by molar-refractivity contribution is 14.1. The van der Waals surface area contributed by atoms with Gasteiger partial charge >= 0.3 is 5.97 Å². The predicted molar refractivity (Wildman–Crippen MR) is 141 cm³/mol. The number of nitrogens with one attached hydrogen (secondary N) is 1. The van der Waals surface area contributed by atoms with E-state index >= 15 is 0 Å². The van der Waals surface area contributed by atoms with Gasteiger partial charge in [0.15, 0.2) is 0 Å². The molecule has 2 aromatic heterocycles. The maximum atomic E-state index is 11.4. The van der Waals surface area contributed by atoms with E-state index in [0.717, 1.165) is 52.7 Å². The highest BCUT2D eigenvalue weighted by atomic mass is 127. The van der Waals surface area contributed by atoms with Crippen molar-refractivity contribution in [1.82, 2.24) is 14.9 Å². The molecule has 1 aliphatic heterocycles. The van der Waals surface area contributed by atoms with Crippen LogP contribution in [0.4, 0.5) is 0 Å². The smallest absolute Gasteiger partial charge is 0.337 e. The summed E-state index contributed by atoms with van der Waals surface area (Å²) in [4.78, 5) is 21.9. The van der Waals surface area contributed by atoms with Crippen molar-refractivity contribution in [1.29, 1.82) is 0 Å². The second-order valence-corrected chi connectivity index (χ2v) is 10.6. The molecule has 0 saturated carbocycles. The Balaban J connectivity index is 1.82. The molecule has 8 heteroatoms. The number of hydrogen-bond donors (Lipinski definition) is 2. The van der Waals surface area contributed by atoms with Crippen molar-refractivity contribution in [2.75, 3.05) is 13.7 Å². The molecule has 1 aromatic carbocycles. The molecule has 1 unspecified atom stereocenters. The number of nitrogens with zero attached hydrogens (tertiary/aromatic N) is 2. The van der Waals surface area contributed by atoms with E-state index in [1.165, 1.54) is 6.20 Å². The van der Waals surface area contributed by atoms with Crippen LogP contribution in [0.3, 0.4) is 0 Å². The van der Waals surface area contributed by atoms with Gasteiger partial charge in [-0.25, -0.2) is 4.79 Å². The van der Waals surface area contributed by atoms with Gasteiger partial charge in [-0.05, 0) is 56.5 Å². The minimum Gasteiger partial charge on any atom is -0.496 e. The summed E-state index contributed by atoms with van der Waals surface area (Å²) in [6.07, 6.45) is 6.21. The van der Waals surface area contributed by atoms with Crippen LogP contribution in [0.5, 0.6) is 5.75 Å². The maximum absolute atomic E-state index is 11.4. The maximum Gasteiger partial charge on any atom is 0.337 e. The normalized spacial score (nSPS) is 23.3. The van der Waals surface area contributed by atoms with Gasteiger partial charge in [-0.2, -0.15) is 0 Å². The summed E-state index contributed by atoms with van der Waals surface area (Å²) in [7, 11) is 1.72. The topological polar surface area (TPSA) is 87.7 Å². The van der Waals surface area contributed by atoms with Crippen LogP contribution in [-0.2, 0) is 14.8 Å². The number of benzene rings is 1. The van der Waals surface area contributed by atoms with E-state index in [9.17, 15) is 9.90 Å². The quantitative estimate of drug-likeness (QED) is 0.205. The van der Waals surface area contributed by atoms with Crippen molar-refractivity contribution in [2.45, 2.75) is 62.3 Å². The summed E-state index contributed by atoms with van der Waals surface area (Å²) < 4.78 is 11.5. The number of aromatic amines is 1. The first kappa shape index (κ1) is 24.9. The predicted octanol–water partition coefficient (Wildman–Crippen LogP) is 5.65. The first-order valence-corrected chi connectivity index (χ1v) is 12.8. The van der Waals surface area contributed by atoms with Crippen LogP contribution in [-0.4, -0.2) is 51.8 Å². The third-order valence-electron chi connectivity index (χ3n) is 6.87.